The molecule has 1 amide bonds. The van der Waals surface area contributed by atoms with Crippen LogP contribution < -0.4 is 0 Å². The molecule has 0 aromatic heterocycles. The fraction of sp³-hybridized carbons (Fsp3) is 0.933. The first-order valence-corrected chi connectivity index (χ1v) is 7.28. The summed E-state index contributed by atoms with van der Waals surface area (Å²) in [4.78, 5) is 14.1. The zero-order valence-electron chi connectivity index (χ0n) is 12.3. The molecular weight excluding hydrogens is 210 g/mol. The molecule has 0 aromatic rings. The number of nitrogens with zero attached hydrogens (tertiary/aromatic N) is 1. The van der Waals surface area contributed by atoms with Crippen molar-refractivity contribution in [3.8, 4) is 0 Å². The molecule has 0 aromatic carbocycles. The molecular formula is C15H29NO. The van der Waals surface area contributed by atoms with Crippen LogP contribution in [0.25, 0.3) is 0 Å². The van der Waals surface area contributed by atoms with Gasteiger partial charge in [0.2, 0.25) is 5.91 Å². The van der Waals surface area contributed by atoms with Crippen LogP contribution in [0.5, 0.6) is 0 Å². The minimum atomic E-state index is 0.234. The minimum Gasteiger partial charge on any atom is -0.339 e. The number of hydrogen-bond acceptors (Lipinski definition) is 1. The summed E-state index contributed by atoms with van der Waals surface area (Å²) in [7, 11) is 0. The van der Waals surface area contributed by atoms with Gasteiger partial charge in [-0.25, -0.2) is 0 Å². The number of hydrogen-bond donors (Lipinski definition) is 0. The third-order valence-electron chi connectivity index (χ3n) is 4.77. The van der Waals surface area contributed by atoms with Crippen LogP contribution in [0, 0.1) is 11.3 Å². The molecule has 0 N–H and O–H groups in total. The molecule has 0 saturated carbocycles. The molecule has 0 spiro atoms. The Kier molecular flexibility index (Phi) is 5.03. The molecule has 0 radical (unpaired) electrons. The first-order valence-electron chi connectivity index (χ1n) is 7.28. The lowest BCUT2D eigenvalue weighted by Gasteiger charge is -2.44. The summed E-state index contributed by atoms with van der Waals surface area (Å²) in [6, 6.07) is 0.419. The Morgan fingerprint density at radius 2 is 1.76 bits per heavy atom. The zero-order valence-corrected chi connectivity index (χ0v) is 12.3. The monoisotopic (exact) mass is 239 g/mol. The Morgan fingerprint density at radius 1 is 1.18 bits per heavy atom. The summed E-state index contributed by atoms with van der Waals surface area (Å²) < 4.78 is 0. The van der Waals surface area contributed by atoms with Crippen molar-refractivity contribution in [2.75, 3.05) is 6.54 Å². The van der Waals surface area contributed by atoms with Crippen molar-refractivity contribution in [3.05, 3.63) is 0 Å². The smallest absolute Gasteiger partial charge is 0.222 e. The summed E-state index contributed by atoms with van der Waals surface area (Å²) in [5.74, 6) is 1.08. The maximum absolute atomic E-state index is 11.9. The van der Waals surface area contributed by atoms with E-state index in [-0.39, 0.29) is 5.41 Å². The molecule has 1 saturated heterocycles. The van der Waals surface area contributed by atoms with E-state index in [1.807, 2.05) is 0 Å². The predicted octanol–water partition coefficient (Wildman–Crippen LogP) is 3.85. The average Bonchev–Trinajstić information content (AvgIpc) is 2.67. The van der Waals surface area contributed by atoms with Crippen LogP contribution >= 0.6 is 0 Å². The molecule has 1 atom stereocenters. The molecule has 100 valence electrons. The number of carbonyl (C=O) groups is 1. The second-order valence-electron chi connectivity index (χ2n) is 5.95. The Balaban J connectivity index is 2.87. The molecule has 2 nitrogen and oxygen atoms in total. The standard InChI is InChI=1S/C15H29NO/c1-6-12(7-2)15(4,5)13(8-3)16-11-9-10-14(16)17/h12-13H,6-11H2,1-5H3. The van der Waals surface area contributed by atoms with Gasteiger partial charge in [-0.15, -0.1) is 0 Å². The van der Waals surface area contributed by atoms with Gasteiger partial charge in [-0.3, -0.25) is 4.79 Å². The van der Waals surface area contributed by atoms with E-state index in [1.54, 1.807) is 0 Å². The molecule has 1 aliphatic heterocycles. The second-order valence-corrected chi connectivity index (χ2v) is 5.95. The van der Waals surface area contributed by atoms with Gasteiger partial charge in [-0.1, -0.05) is 47.5 Å². The SMILES string of the molecule is CCC(CC)C(C)(C)C(CC)N1CCCC1=O. The van der Waals surface area contributed by atoms with Crippen LogP contribution in [0.2, 0.25) is 0 Å². The fourth-order valence-corrected chi connectivity index (χ4v) is 3.76. The third-order valence-corrected chi connectivity index (χ3v) is 4.77. The van der Waals surface area contributed by atoms with Crippen molar-refractivity contribution < 1.29 is 4.79 Å². The first kappa shape index (κ1) is 14.5. The molecule has 2 heteroatoms. The summed E-state index contributed by atoms with van der Waals surface area (Å²) in [5.41, 5.74) is 0.234. The average molecular weight is 239 g/mol. The highest BCUT2D eigenvalue weighted by atomic mass is 16.2. The lowest BCUT2D eigenvalue weighted by atomic mass is 9.69. The largest absolute Gasteiger partial charge is 0.339 e. The number of amides is 1. The number of rotatable bonds is 6. The van der Waals surface area contributed by atoms with E-state index >= 15 is 0 Å². The van der Waals surface area contributed by atoms with Crippen molar-refractivity contribution in [2.45, 2.75) is 72.8 Å². The summed E-state index contributed by atoms with van der Waals surface area (Å²) >= 11 is 0. The normalized spacial score (nSPS) is 19.2. The molecule has 1 unspecified atom stereocenters. The Bertz CT molecular complexity index is 256. The zero-order chi connectivity index (χ0) is 13.1. The van der Waals surface area contributed by atoms with Crippen molar-refractivity contribution >= 4 is 5.91 Å². The van der Waals surface area contributed by atoms with Gasteiger partial charge < -0.3 is 4.90 Å². The molecule has 1 rings (SSSR count). The van der Waals surface area contributed by atoms with Crippen molar-refractivity contribution in [1.29, 1.82) is 0 Å². The summed E-state index contributed by atoms with van der Waals surface area (Å²) in [6.45, 7) is 12.4. The van der Waals surface area contributed by atoms with Gasteiger partial charge in [0.05, 0.1) is 0 Å². The van der Waals surface area contributed by atoms with Crippen molar-refractivity contribution in [3.63, 3.8) is 0 Å². The highest BCUT2D eigenvalue weighted by Gasteiger charge is 2.40. The second kappa shape index (κ2) is 5.88. The van der Waals surface area contributed by atoms with Gasteiger partial charge in [0, 0.05) is 19.0 Å². The van der Waals surface area contributed by atoms with Gasteiger partial charge in [-0.2, -0.15) is 0 Å². The number of likely N-dealkylation sites (tertiary alicyclic amines) is 1. The lowest BCUT2D eigenvalue weighted by Crippen LogP contribution is -2.48. The van der Waals surface area contributed by atoms with E-state index in [1.165, 1.54) is 12.8 Å². The summed E-state index contributed by atoms with van der Waals surface area (Å²) in [5, 5.41) is 0. The molecule has 1 heterocycles. The minimum absolute atomic E-state index is 0.234. The van der Waals surface area contributed by atoms with E-state index in [9.17, 15) is 4.79 Å². The maximum atomic E-state index is 11.9. The topological polar surface area (TPSA) is 20.3 Å². The van der Waals surface area contributed by atoms with Gasteiger partial charge in [0.15, 0.2) is 0 Å². The quantitative estimate of drug-likeness (QED) is 0.689. The van der Waals surface area contributed by atoms with E-state index in [0.717, 1.165) is 25.8 Å². The number of carbonyl (C=O) groups excluding carboxylic acids is 1. The Hall–Kier alpha value is -0.530. The molecule has 1 aliphatic rings. The van der Waals surface area contributed by atoms with Crippen LogP contribution in [-0.4, -0.2) is 23.4 Å². The molecule has 17 heavy (non-hydrogen) atoms. The Morgan fingerprint density at radius 3 is 2.12 bits per heavy atom. The van der Waals surface area contributed by atoms with Crippen LogP contribution in [0.3, 0.4) is 0 Å². The van der Waals surface area contributed by atoms with Crippen molar-refractivity contribution in [2.24, 2.45) is 11.3 Å². The highest BCUT2D eigenvalue weighted by Crippen LogP contribution is 2.40. The van der Waals surface area contributed by atoms with Crippen LogP contribution in [0.15, 0.2) is 0 Å². The van der Waals surface area contributed by atoms with Gasteiger partial charge >= 0.3 is 0 Å². The highest BCUT2D eigenvalue weighted by molar-refractivity contribution is 5.78. The van der Waals surface area contributed by atoms with Crippen LogP contribution in [-0.2, 0) is 4.79 Å². The van der Waals surface area contributed by atoms with Crippen LogP contribution in [0.1, 0.15) is 66.7 Å². The first-order chi connectivity index (χ1) is 7.98. The van der Waals surface area contributed by atoms with Gasteiger partial charge in [0.25, 0.3) is 0 Å². The van der Waals surface area contributed by atoms with Gasteiger partial charge in [-0.05, 0) is 24.2 Å². The third kappa shape index (κ3) is 2.83. The maximum Gasteiger partial charge on any atom is 0.222 e. The molecule has 0 aliphatic carbocycles. The van der Waals surface area contributed by atoms with Crippen molar-refractivity contribution in [1.82, 2.24) is 4.90 Å². The van der Waals surface area contributed by atoms with E-state index < -0.39 is 0 Å². The molecule has 1 fully saturated rings. The lowest BCUT2D eigenvalue weighted by molar-refractivity contribution is -0.133. The van der Waals surface area contributed by atoms with Crippen LogP contribution in [0.4, 0.5) is 0 Å². The van der Waals surface area contributed by atoms with E-state index in [2.05, 4.69) is 39.5 Å². The molecule has 0 bridgehead atoms. The van der Waals surface area contributed by atoms with Gasteiger partial charge in [0.1, 0.15) is 0 Å². The fourth-order valence-electron chi connectivity index (χ4n) is 3.76. The van der Waals surface area contributed by atoms with E-state index in [0.29, 0.717) is 17.9 Å². The summed E-state index contributed by atoms with van der Waals surface area (Å²) in [6.07, 6.45) is 5.31. The Labute approximate surface area is 107 Å². The predicted molar refractivity (Wildman–Crippen MR) is 72.9 cm³/mol. The van der Waals surface area contributed by atoms with E-state index in [4.69, 9.17) is 0 Å².